The molecule has 0 saturated carbocycles. The number of unbranched alkanes of at least 4 members (excludes halogenated alkanes) is 3. The molecule has 0 bridgehead atoms. The molecule has 21 heavy (non-hydrogen) atoms. The van der Waals surface area contributed by atoms with E-state index in [1.807, 2.05) is 6.92 Å². The molecule has 0 aromatic carbocycles. The third kappa shape index (κ3) is 14.9. The standard InChI is InChI=1S/C10H18O2.C7H12O2/c1-3-4-5-6-7-10(12)8-9(2)11;1-4-7(5(2)8)6(3)9/h3-8H2,1-2H3;7H,4H2,1-3H3. The van der Waals surface area contributed by atoms with Gasteiger partial charge in [-0.2, -0.15) is 0 Å². The first-order valence-electron chi connectivity index (χ1n) is 7.78. The predicted octanol–water partition coefficient (Wildman–Crippen LogP) is 3.70. The first-order valence-corrected chi connectivity index (χ1v) is 7.78. The van der Waals surface area contributed by atoms with Crippen LogP contribution in [0.3, 0.4) is 0 Å². The van der Waals surface area contributed by atoms with E-state index in [1.54, 1.807) is 0 Å². The maximum Gasteiger partial charge on any atom is 0.140 e. The van der Waals surface area contributed by atoms with Gasteiger partial charge in [-0.1, -0.05) is 33.1 Å². The molecule has 0 fully saturated rings. The smallest absolute Gasteiger partial charge is 0.140 e. The molecule has 4 heteroatoms. The minimum absolute atomic E-state index is 0.0181. The van der Waals surface area contributed by atoms with Crippen molar-refractivity contribution < 1.29 is 19.2 Å². The highest BCUT2D eigenvalue weighted by atomic mass is 16.2. The fourth-order valence-corrected chi connectivity index (χ4v) is 1.98. The Bertz CT molecular complexity index is 331. The third-order valence-corrected chi connectivity index (χ3v) is 3.14. The Kier molecular flexibility index (Phi) is 14.3. The Balaban J connectivity index is 0. The third-order valence-electron chi connectivity index (χ3n) is 3.14. The van der Waals surface area contributed by atoms with Gasteiger partial charge >= 0.3 is 0 Å². The molecule has 0 radical (unpaired) electrons. The highest BCUT2D eigenvalue weighted by molar-refractivity contribution is 6.00. The quantitative estimate of drug-likeness (QED) is 0.455. The van der Waals surface area contributed by atoms with E-state index in [1.165, 1.54) is 33.6 Å². The molecule has 0 aliphatic heterocycles. The fraction of sp³-hybridized carbons (Fsp3) is 0.765. The molecule has 0 N–H and O–H groups in total. The van der Waals surface area contributed by atoms with E-state index < -0.39 is 0 Å². The molecule has 0 aliphatic rings. The highest BCUT2D eigenvalue weighted by Crippen LogP contribution is 2.04. The first kappa shape index (κ1) is 22.0. The lowest BCUT2D eigenvalue weighted by atomic mass is 9.98. The normalized spacial score (nSPS) is 9.81. The monoisotopic (exact) mass is 298 g/mol. The van der Waals surface area contributed by atoms with Crippen LogP contribution in [0.25, 0.3) is 0 Å². The number of ketones is 4. The Hall–Kier alpha value is -1.32. The molecule has 0 heterocycles. The van der Waals surface area contributed by atoms with Gasteiger partial charge in [0.15, 0.2) is 0 Å². The number of Topliss-reactive ketones (excluding diaryl/α,β-unsaturated/α-hetero) is 4. The molecule has 0 spiro atoms. The second-order valence-electron chi connectivity index (χ2n) is 5.41. The van der Waals surface area contributed by atoms with Gasteiger partial charge in [0.05, 0.1) is 12.3 Å². The molecular formula is C17H30O4. The summed E-state index contributed by atoms with van der Waals surface area (Å²) in [6.45, 7) is 8.35. The van der Waals surface area contributed by atoms with Gasteiger partial charge in [0.2, 0.25) is 0 Å². The number of carbonyl (C=O) groups excluding carboxylic acids is 4. The summed E-state index contributed by atoms with van der Waals surface area (Å²) >= 11 is 0. The van der Waals surface area contributed by atoms with Crippen LogP contribution in [0, 0.1) is 5.92 Å². The molecule has 122 valence electrons. The lowest BCUT2D eigenvalue weighted by Crippen LogP contribution is -2.17. The maximum absolute atomic E-state index is 11.0. The summed E-state index contributed by atoms with van der Waals surface area (Å²) < 4.78 is 0. The summed E-state index contributed by atoms with van der Waals surface area (Å²) in [5.74, 6) is -0.325. The summed E-state index contributed by atoms with van der Waals surface area (Å²) in [4.78, 5) is 42.7. The number of rotatable bonds is 10. The average molecular weight is 298 g/mol. The lowest BCUT2D eigenvalue weighted by molar-refractivity contribution is -0.130. The van der Waals surface area contributed by atoms with E-state index in [2.05, 4.69) is 6.92 Å². The minimum atomic E-state index is -0.356. The van der Waals surface area contributed by atoms with Crippen molar-refractivity contribution >= 4 is 23.1 Å². The summed E-state index contributed by atoms with van der Waals surface area (Å²) in [7, 11) is 0. The second kappa shape index (κ2) is 13.7. The molecule has 0 unspecified atom stereocenters. The van der Waals surface area contributed by atoms with Crippen LogP contribution in [-0.2, 0) is 19.2 Å². The zero-order chi connectivity index (χ0) is 16.8. The summed E-state index contributed by atoms with van der Waals surface area (Å²) in [5, 5.41) is 0. The van der Waals surface area contributed by atoms with Crippen LogP contribution >= 0.6 is 0 Å². The zero-order valence-corrected chi connectivity index (χ0v) is 14.2. The number of carbonyl (C=O) groups is 4. The van der Waals surface area contributed by atoms with E-state index in [-0.39, 0.29) is 35.5 Å². The van der Waals surface area contributed by atoms with Crippen molar-refractivity contribution in [1.29, 1.82) is 0 Å². The van der Waals surface area contributed by atoms with Gasteiger partial charge in [-0.15, -0.1) is 0 Å². The second-order valence-corrected chi connectivity index (χ2v) is 5.41. The molecule has 0 aromatic rings. The Morgan fingerprint density at radius 1 is 0.810 bits per heavy atom. The SMILES string of the molecule is CCC(C(C)=O)C(C)=O.CCCCCCC(=O)CC(C)=O. The number of hydrogen-bond donors (Lipinski definition) is 0. The Morgan fingerprint density at radius 3 is 1.62 bits per heavy atom. The topological polar surface area (TPSA) is 68.3 Å². The van der Waals surface area contributed by atoms with Crippen molar-refractivity contribution in [2.24, 2.45) is 5.92 Å². The van der Waals surface area contributed by atoms with Crippen LogP contribution in [0.4, 0.5) is 0 Å². The van der Waals surface area contributed by atoms with E-state index in [0.717, 1.165) is 12.8 Å². The van der Waals surface area contributed by atoms with E-state index in [0.29, 0.717) is 12.8 Å². The van der Waals surface area contributed by atoms with Crippen molar-refractivity contribution in [3.63, 3.8) is 0 Å². The van der Waals surface area contributed by atoms with Gasteiger partial charge < -0.3 is 0 Å². The van der Waals surface area contributed by atoms with Gasteiger partial charge in [-0.3, -0.25) is 19.2 Å². The first-order chi connectivity index (χ1) is 9.76. The molecule has 4 nitrogen and oxygen atoms in total. The minimum Gasteiger partial charge on any atom is -0.300 e. The summed E-state index contributed by atoms with van der Waals surface area (Å²) in [6.07, 6.45) is 5.77. The van der Waals surface area contributed by atoms with Crippen molar-refractivity contribution in [3.8, 4) is 0 Å². The lowest BCUT2D eigenvalue weighted by Gasteiger charge is -2.03. The van der Waals surface area contributed by atoms with Crippen LogP contribution in [0.2, 0.25) is 0 Å². The van der Waals surface area contributed by atoms with Crippen LogP contribution in [-0.4, -0.2) is 23.1 Å². The fourth-order valence-electron chi connectivity index (χ4n) is 1.98. The number of hydrogen-bond acceptors (Lipinski definition) is 4. The molecular weight excluding hydrogens is 268 g/mol. The predicted molar refractivity (Wildman–Crippen MR) is 84.2 cm³/mol. The summed E-state index contributed by atoms with van der Waals surface area (Å²) in [5.41, 5.74) is 0. The van der Waals surface area contributed by atoms with Crippen molar-refractivity contribution in [1.82, 2.24) is 0 Å². The Morgan fingerprint density at radius 2 is 1.33 bits per heavy atom. The van der Waals surface area contributed by atoms with Gasteiger partial charge in [0, 0.05) is 6.42 Å². The molecule has 0 saturated heterocycles. The van der Waals surface area contributed by atoms with E-state index in [4.69, 9.17) is 0 Å². The van der Waals surface area contributed by atoms with Gasteiger partial charge in [-0.25, -0.2) is 0 Å². The van der Waals surface area contributed by atoms with Crippen LogP contribution in [0.1, 0.15) is 79.6 Å². The van der Waals surface area contributed by atoms with Crippen LogP contribution in [0.15, 0.2) is 0 Å². The van der Waals surface area contributed by atoms with Crippen LogP contribution in [0.5, 0.6) is 0 Å². The van der Waals surface area contributed by atoms with Crippen molar-refractivity contribution in [2.45, 2.75) is 79.6 Å². The molecule has 0 aromatic heterocycles. The maximum atomic E-state index is 11.0. The van der Waals surface area contributed by atoms with Crippen molar-refractivity contribution in [2.75, 3.05) is 0 Å². The zero-order valence-electron chi connectivity index (χ0n) is 14.2. The van der Waals surface area contributed by atoms with Crippen molar-refractivity contribution in [3.05, 3.63) is 0 Å². The van der Waals surface area contributed by atoms with Gasteiger partial charge in [-0.05, 0) is 33.6 Å². The van der Waals surface area contributed by atoms with E-state index in [9.17, 15) is 19.2 Å². The van der Waals surface area contributed by atoms with Gasteiger partial charge in [0.25, 0.3) is 0 Å². The average Bonchev–Trinajstić information content (AvgIpc) is 2.34. The molecule has 0 atom stereocenters. The summed E-state index contributed by atoms with van der Waals surface area (Å²) in [6, 6.07) is 0. The molecule has 0 rings (SSSR count). The van der Waals surface area contributed by atoms with Gasteiger partial charge in [0.1, 0.15) is 23.1 Å². The highest BCUT2D eigenvalue weighted by Gasteiger charge is 2.15. The van der Waals surface area contributed by atoms with Crippen LogP contribution < -0.4 is 0 Å². The molecule has 0 aliphatic carbocycles. The molecule has 0 amide bonds. The van der Waals surface area contributed by atoms with E-state index >= 15 is 0 Å². The Labute approximate surface area is 128 Å². The largest absolute Gasteiger partial charge is 0.300 e.